The number of benzene rings is 2. The van der Waals surface area contributed by atoms with Gasteiger partial charge in [0.25, 0.3) is 0 Å². The summed E-state index contributed by atoms with van der Waals surface area (Å²) in [6, 6.07) is 11.8. The van der Waals surface area contributed by atoms with Crippen LogP contribution in [0.15, 0.2) is 61.2 Å². The van der Waals surface area contributed by atoms with Gasteiger partial charge in [-0.3, -0.25) is 0 Å². The Balaban J connectivity index is 1.72. The van der Waals surface area contributed by atoms with E-state index in [2.05, 4.69) is 10.3 Å². The van der Waals surface area contributed by atoms with Crippen LogP contribution in [0.5, 0.6) is 5.75 Å². The number of thiocarbonyl (C=S) groups is 1. The summed E-state index contributed by atoms with van der Waals surface area (Å²) in [5.41, 5.74) is 1.67. The predicted octanol–water partition coefficient (Wildman–Crippen LogP) is 4.97. The van der Waals surface area contributed by atoms with Crippen molar-refractivity contribution in [2.45, 2.75) is 19.5 Å². The number of aromatic nitrogens is 2. The first-order chi connectivity index (χ1) is 14.0. The Bertz CT molecular complexity index is 934. The van der Waals surface area contributed by atoms with E-state index in [1.54, 1.807) is 50.0 Å². The van der Waals surface area contributed by atoms with Gasteiger partial charge in [0.1, 0.15) is 11.6 Å². The van der Waals surface area contributed by atoms with E-state index in [1.165, 1.54) is 12.1 Å². The van der Waals surface area contributed by atoms with Gasteiger partial charge in [-0.05, 0) is 54.5 Å². The zero-order valence-corrected chi connectivity index (χ0v) is 17.6. The zero-order chi connectivity index (χ0) is 20.6. The van der Waals surface area contributed by atoms with Gasteiger partial charge in [0.15, 0.2) is 5.11 Å². The second-order valence-corrected chi connectivity index (χ2v) is 7.30. The minimum absolute atomic E-state index is 0.259. The first-order valence-corrected chi connectivity index (χ1v) is 9.93. The highest BCUT2D eigenvalue weighted by Gasteiger charge is 2.13. The number of hydrogen-bond donors (Lipinski definition) is 1. The lowest BCUT2D eigenvalue weighted by atomic mass is 10.2. The van der Waals surface area contributed by atoms with Gasteiger partial charge >= 0.3 is 0 Å². The number of hydrogen-bond acceptors (Lipinski definition) is 3. The first-order valence-electron chi connectivity index (χ1n) is 9.15. The normalized spacial score (nSPS) is 10.6. The quantitative estimate of drug-likeness (QED) is 0.509. The minimum atomic E-state index is -0.259. The molecule has 2 aromatic carbocycles. The fourth-order valence-corrected chi connectivity index (χ4v) is 3.34. The summed E-state index contributed by atoms with van der Waals surface area (Å²) in [4.78, 5) is 6.11. The SMILES string of the molecule is COc1ccc(Cl)cc1NC(=S)N(CCCn1ccnc1)Cc1ccc(F)cc1. The molecule has 1 N–H and O–H groups in total. The number of ether oxygens (including phenoxy) is 1. The number of rotatable bonds is 8. The van der Waals surface area contributed by atoms with Crippen LogP contribution < -0.4 is 10.1 Å². The van der Waals surface area contributed by atoms with Crippen LogP contribution in [0.4, 0.5) is 10.1 Å². The summed E-state index contributed by atoms with van der Waals surface area (Å²) in [6.45, 7) is 2.09. The van der Waals surface area contributed by atoms with Crippen molar-refractivity contribution in [3.63, 3.8) is 0 Å². The van der Waals surface area contributed by atoms with Crippen molar-refractivity contribution in [1.29, 1.82) is 0 Å². The van der Waals surface area contributed by atoms with Crippen molar-refractivity contribution in [2.24, 2.45) is 0 Å². The van der Waals surface area contributed by atoms with Crippen LogP contribution in [-0.2, 0) is 13.1 Å². The van der Waals surface area contributed by atoms with Crippen LogP contribution in [0.2, 0.25) is 5.02 Å². The number of methoxy groups -OCH3 is 1. The van der Waals surface area contributed by atoms with Gasteiger partial charge in [0.05, 0.1) is 19.1 Å². The maximum atomic E-state index is 13.3. The van der Waals surface area contributed by atoms with Gasteiger partial charge in [-0.25, -0.2) is 9.37 Å². The molecule has 0 spiro atoms. The lowest BCUT2D eigenvalue weighted by molar-refractivity contribution is 0.394. The van der Waals surface area contributed by atoms with Crippen LogP contribution >= 0.6 is 23.8 Å². The van der Waals surface area contributed by atoms with Crippen molar-refractivity contribution < 1.29 is 9.13 Å². The van der Waals surface area contributed by atoms with Crippen LogP contribution in [0.1, 0.15) is 12.0 Å². The van der Waals surface area contributed by atoms with Crippen molar-refractivity contribution in [2.75, 3.05) is 19.0 Å². The molecule has 0 bridgehead atoms. The molecule has 0 saturated heterocycles. The van der Waals surface area contributed by atoms with Crippen LogP contribution in [-0.4, -0.2) is 33.2 Å². The number of anilines is 1. The second-order valence-electron chi connectivity index (χ2n) is 6.48. The van der Waals surface area contributed by atoms with Gasteiger partial charge in [-0.2, -0.15) is 0 Å². The maximum absolute atomic E-state index is 13.3. The van der Waals surface area contributed by atoms with E-state index in [-0.39, 0.29) is 5.82 Å². The largest absolute Gasteiger partial charge is 0.495 e. The summed E-state index contributed by atoms with van der Waals surface area (Å²) in [6.07, 6.45) is 6.34. The molecule has 152 valence electrons. The molecule has 1 aromatic heterocycles. The Morgan fingerprint density at radius 1 is 1.28 bits per heavy atom. The van der Waals surface area contributed by atoms with E-state index < -0.39 is 0 Å². The third-order valence-electron chi connectivity index (χ3n) is 4.38. The molecule has 0 aliphatic heterocycles. The smallest absolute Gasteiger partial charge is 0.173 e. The molecule has 3 rings (SSSR count). The molecule has 0 atom stereocenters. The third kappa shape index (κ3) is 6.17. The number of nitrogens with zero attached hydrogens (tertiary/aromatic N) is 3. The van der Waals surface area contributed by atoms with E-state index in [9.17, 15) is 4.39 Å². The molecule has 3 aromatic rings. The topological polar surface area (TPSA) is 42.3 Å². The Morgan fingerprint density at radius 2 is 2.07 bits per heavy atom. The standard InChI is InChI=1S/C21H22ClFN4OS/c1-28-20-8-5-17(22)13-19(20)25-21(29)27(11-2-10-26-12-9-24-15-26)14-16-3-6-18(23)7-4-16/h3-9,12-13,15H,2,10-11,14H2,1H3,(H,25,29). The molecular weight excluding hydrogens is 411 g/mol. The predicted molar refractivity (Wildman–Crippen MR) is 118 cm³/mol. The first kappa shape index (κ1) is 21.1. The van der Waals surface area contributed by atoms with E-state index in [0.29, 0.717) is 34.7 Å². The minimum Gasteiger partial charge on any atom is -0.495 e. The van der Waals surface area contributed by atoms with E-state index in [4.69, 9.17) is 28.6 Å². The average molecular weight is 433 g/mol. The monoisotopic (exact) mass is 432 g/mol. The van der Waals surface area contributed by atoms with Crippen LogP contribution in [0.25, 0.3) is 0 Å². The number of nitrogens with one attached hydrogen (secondary N) is 1. The Morgan fingerprint density at radius 3 is 2.76 bits per heavy atom. The van der Waals surface area contributed by atoms with E-state index in [0.717, 1.165) is 18.5 Å². The number of imidazole rings is 1. The Labute approximate surface area is 180 Å². The van der Waals surface area contributed by atoms with Crippen molar-refractivity contribution >= 4 is 34.6 Å². The Kier molecular flexibility index (Phi) is 7.43. The fraction of sp³-hybridized carbons (Fsp3) is 0.238. The molecule has 0 saturated carbocycles. The van der Waals surface area contributed by atoms with Crippen LogP contribution in [0, 0.1) is 5.82 Å². The number of aryl methyl sites for hydroxylation is 1. The molecule has 29 heavy (non-hydrogen) atoms. The summed E-state index contributed by atoms with van der Waals surface area (Å²) in [5, 5.41) is 4.36. The zero-order valence-electron chi connectivity index (χ0n) is 16.0. The highest BCUT2D eigenvalue weighted by Crippen LogP contribution is 2.28. The van der Waals surface area contributed by atoms with Gasteiger partial charge in [-0.15, -0.1) is 0 Å². The molecule has 5 nitrogen and oxygen atoms in total. The molecule has 0 radical (unpaired) electrons. The molecule has 0 aliphatic rings. The molecule has 0 amide bonds. The van der Waals surface area contributed by atoms with Gasteiger partial charge < -0.3 is 19.5 Å². The fourth-order valence-electron chi connectivity index (χ4n) is 2.90. The Hall–Kier alpha value is -2.64. The second kappa shape index (κ2) is 10.2. The summed E-state index contributed by atoms with van der Waals surface area (Å²) >= 11 is 11.8. The van der Waals surface area contributed by atoms with Crippen molar-refractivity contribution in [3.05, 3.63) is 77.6 Å². The van der Waals surface area contributed by atoms with Crippen molar-refractivity contribution in [1.82, 2.24) is 14.5 Å². The summed E-state index contributed by atoms with van der Waals surface area (Å²) in [5.74, 6) is 0.390. The maximum Gasteiger partial charge on any atom is 0.173 e. The lowest BCUT2D eigenvalue weighted by Crippen LogP contribution is -2.35. The highest BCUT2D eigenvalue weighted by molar-refractivity contribution is 7.80. The van der Waals surface area contributed by atoms with Gasteiger partial charge in [-0.1, -0.05) is 23.7 Å². The van der Waals surface area contributed by atoms with E-state index in [1.807, 2.05) is 15.7 Å². The molecule has 0 unspecified atom stereocenters. The lowest BCUT2D eigenvalue weighted by Gasteiger charge is -2.27. The molecule has 0 aliphatic carbocycles. The third-order valence-corrected chi connectivity index (χ3v) is 4.98. The molecule has 1 heterocycles. The van der Waals surface area contributed by atoms with Gasteiger partial charge in [0.2, 0.25) is 0 Å². The molecular formula is C21H22ClFN4OS. The highest BCUT2D eigenvalue weighted by atomic mass is 35.5. The number of halogens is 2. The molecule has 8 heteroatoms. The summed E-state index contributed by atoms with van der Waals surface area (Å²) < 4.78 is 20.7. The van der Waals surface area contributed by atoms with Crippen molar-refractivity contribution in [3.8, 4) is 5.75 Å². The average Bonchev–Trinajstić information content (AvgIpc) is 3.22. The summed E-state index contributed by atoms with van der Waals surface area (Å²) in [7, 11) is 1.60. The van der Waals surface area contributed by atoms with Gasteiger partial charge in [0, 0.05) is 37.1 Å². The van der Waals surface area contributed by atoms with Crippen LogP contribution in [0.3, 0.4) is 0 Å². The molecule has 0 fully saturated rings. The van der Waals surface area contributed by atoms with E-state index >= 15 is 0 Å².